The van der Waals surface area contributed by atoms with Crippen LogP contribution < -0.4 is 5.32 Å². The summed E-state index contributed by atoms with van der Waals surface area (Å²) in [6.45, 7) is 1.66. The topological polar surface area (TPSA) is 307 Å². The van der Waals surface area contributed by atoms with Gasteiger partial charge in [-0.3, -0.25) is 4.79 Å². The van der Waals surface area contributed by atoms with E-state index < -0.39 is 124 Å². The number of rotatable bonds is 69. The highest BCUT2D eigenvalue weighted by molar-refractivity contribution is 5.76. The Labute approximate surface area is 653 Å². The fourth-order valence-electron chi connectivity index (χ4n) is 14.2. The Balaban J connectivity index is 1.32. The molecule has 19 heteroatoms. The predicted octanol–water partition coefficient (Wildman–Crippen LogP) is 15.9. The number of carbonyl (C=O) groups excluding carboxylic acids is 1. The van der Waals surface area contributed by atoms with E-state index in [1.165, 1.54) is 212 Å². The number of aliphatic hydroxyl groups is 11. The molecule has 0 aromatic heterocycles. The van der Waals surface area contributed by atoms with Crippen LogP contribution in [0.4, 0.5) is 0 Å². The lowest BCUT2D eigenvalue weighted by molar-refractivity contribution is -0.379. The fourth-order valence-corrected chi connectivity index (χ4v) is 14.2. The Kier molecular flexibility index (Phi) is 62.4. The zero-order valence-corrected chi connectivity index (χ0v) is 67.3. The van der Waals surface area contributed by atoms with Crippen LogP contribution in [0.5, 0.6) is 0 Å². The van der Waals surface area contributed by atoms with Crippen molar-refractivity contribution in [2.45, 2.75) is 433 Å². The summed E-state index contributed by atoms with van der Waals surface area (Å²) in [4.78, 5) is 13.5. The number of ether oxygens (including phenoxy) is 6. The molecule has 0 aromatic rings. The summed E-state index contributed by atoms with van der Waals surface area (Å²) in [6, 6.07) is -0.978. The first kappa shape index (κ1) is 98.9. The van der Waals surface area contributed by atoms with Gasteiger partial charge in [-0.05, 0) is 77.0 Å². The number of nitrogens with one attached hydrogen (secondary N) is 1. The summed E-state index contributed by atoms with van der Waals surface area (Å²) in [5.74, 6) is -0.273. The van der Waals surface area contributed by atoms with Crippen LogP contribution >= 0.6 is 0 Å². The highest BCUT2D eigenvalue weighted by atomic mass is 16.8. The molecule has 3 heterocycles. The number of aliphatic hydroxyl groups excluding tert-OH is 11. The molecule has 626 valence electrons. The molecular formula is C89H157NO18. The van der Waals surface area contributed by atoms with E-state index in [1.54, 1.807) is 6.08 Å². The van der Waals surface area contributed by atoms with Gasteiger partial charge in [0.1, 0.15) is 73.2 Å². The van der Waals surface area contributed by atoms with Gasteiger partial charge in [-0.25, -0.2) is 0 Å². The molecule has 3 rings (SSSR count). The van der Waals surface area contributed by atoms with Gasteiger partial charge in [-0.15, -0.1) is 0 Å². The maximum Gasteiger partial charge on any atom is 0.220 e. The van der Waals surface area contributed by atoms with E-state index in [0.717, 1.165) is 89.9 Å². The van der Waals surface area contributed by atoms with Crippen LogP contribution in [0.15, 0.2) is 97.2 Å². The highest BCUT2D eigenvalue weighted by Gasteiger charge is 2.54. The summed E-state index contributed by atoms with van der Waals surface area (Å²) in [6.07, 6.45) is 66.8. The number of hydrogen-bond donors (Lipinski definition) is 12. The molecule has 17 atom stereocenters. The molecule has 0 spiro atoms. The van der Waals surface area contributed by atoms with Crippen LogP contribution in [0.2, 0.25) is 0 Å². The minimum absolute atomic E-state index is 0.241. The Bertz CT molecular complexity index is 2330. The standard InChI is InChI=1S/C89H157NO18/c1-3-5-7-9-11-13-15-17-19-21-23-25-27-29-30-31-32-33-34-35-36-37-38-39-40-41-42-43-45-47-49-51-53-55-57-59-61-63-65-67-77(95)90-72(73(94)66-64-62-60-58-56-54-52-50-48-46-44-28-26-24-22-20-18-16-14-12-10-8-6-4-2)71-103-87-83(101)80(98)85(75(69-92)105-87)108-89-84(102)81(99)86(76(70-93)106-89)107-88-82(100)79(97)78(96)74(68-91)104-88/h5,7,11,13,17,19,23,25,29-30,32-33,35-36,64,66,72-76,78-89,91-94,96-102H,3-4,6,8-10,12,14-16,18,20-22,24,26-28,31,34,37-63,65,67-71H2,1-2H3,(H,90,95)/b7-5-,13-11-,19-17-,25-23-,30-29-,33-32-,36-35-,66-64+. The van der Waals surface area contributed by atoms with Gasteiger partial charge in [0.2, 0.25) is 5.91 Å². The minimum atomic E-state index is -1.98. The van der Waals surface area contributed by atoms with Gasteiger partial charge in [0.05, 0.1) is 38.6 Å². The summed E-state index contributed by atoms with van der Waals surface area (Å²) in [5.41, 5.74) is 0. The van der Waals surface area contributed by atoms with Gasteiger partial charge >= 0.3 is 0 Å². The number of allylic oxidation sites excluding steroid dienone is 15. The van der Waals surface area contributed by atoms with Crippen molar-refractivity contribution in [1.29, 1.82) is 0 Å². The van der Waals surface area contributed by atoms with Crippen LogP contribution in [0.3, 0.4) is 0 Å². The third kappa shape index (κ3) is 46.8. The number of unbranched alkanes of at least 4 members (excludes halogenated alkanes) is 39. The van der Waals surface area contributed by atoms with E-state index in [2.05, 4.69) is 104 Å². The van der Waals surface area contributed by atoms with Gasteiger partial charge in [-0.1, -0.05) is 342 Å². The molecule has 0 bridgehead atoms. The zero-order valence-electron chi connectivity index (χ0n) is 67.3. The summed E-state index contributed by atoms with van der Waals surface area (Å²) < 4.78 is 34.5. The molecular weight excluding hydrogens is 1370 g/mol. The Morgan fingerprint density at radius 3 is 1.00 bits per heavy atom. The second kappa shape index (κ2) is 68.1. The highest BCUT2D eigenvalue weighted by Crippen LogP contribution is 2.33. The maximum atomic E-state index is 13.5. The van der Waals surface area contributed by atoms with Gasteiger partial charge in [0, 0.05) is 6.42 Å². The van der Waals surface area contributed by atoms with E-state index in [0.29, 0.717) is 6.42 Å². The van der Waals surface area contributed by atoms with E-state index in [4.69, 9.17) is 28.4 Å². The molecule has 108 heavy (non-hydrogen) atoms. The predicted molar refractivity (Wildman–Crippen MR) is 434 cm³/mol. The lowest BCUT2D eigenvalue weighted by Crippen LogP contribution is -2.66. The van der Waals surface area contributed by atoms with Crippen molar-refractivity contribution < 1.29 is 89.4 Å². The van der Waals surface area contributed by atoms with E-state index in [1.807, 2.05) is 6.08 Å². The normalized spacial score (nSPS) is 25.9. The van der Waals surface area contributed by atoms with Gasteiger partial charge in [0.15, 0.2) is 18.9 Å². The Morgan fingerprint density at radius 1 is 0.343 bits per heavy atom. The van der Waals surface area contributed by atoms with Crippen LogP contribution in [-0.4, -0.2) is 193 Å². The molecule has 3 aliphatic heterocycles. The van der Waals surface area contributed by atoms with Crippen molar-refractivity contribution in [2.75, 3.05) is 26.4 Å². The van der Waals surface area contributed by atoms with Crippen LogP contribution in [0.1, 0.15) is 328 Å². The van der Waals surface area contributed by atoms with Crippen molar-refractivity contribution in [1.82, 2.24) is 5.32 Å². The second-order valence-corrected chi connectivity index (χ2v) is 30.6. The second-order valence-electron chi connectivity index (χ2n) is 30.6. The van der Waals surface area contributed by atoms with Crippen molar-refractivity contribution in [3.63, 3.8) is 0 Å². The first-order chi connectivity index (χ1) is 52.8. The molecule has 19 nitrogen and oxygen atoms in total. The molecule has 3 aliphatic rings. The molecule has 3 fully saturated rings. The fraction of sp³-hybridized carbons (Fsp3) is 0.809. The van der Waals surface area contributed by atoms with Crippen molar-refractivity contribution in [3.8, 4) is 0 Å². The third-order valence-electron chi connectivity index (χ3n) is 21.1. The summed E-state index contributed by atoms with van der Waals surface area (Å²) >= 11 is 0. The molecule has 17 unspecified atom stereocenters. The molecule has 1 amide bonds. The average Bonchev–Trinajstić information content (AvgIpc) is 0.775. The minimum Gasteiger partial charge on any atom is -0.394 e. The van der Waals surface area contributed by atoms with Crippen LogP contribution in [0.25, 0.3) is 0 Å². The Hall–Kier alpha value is -3.29. The monoisotopic (exact) mass is 1530 g/mol. The largest absolute Gasteiger partial charge is 0.394 e. The van der Waals surface area contributed by atoms with E-state index >= 15 is 0 Å². The molecule has 0 radical (unpaired) electrons. The SMILES string of the molecule is CC/C=C\C/C=C\C/C=C\C/C=C\C/C=C\C/C=C\C/C=C\CCCCCCCCCCCCCCCCCCCC(=O)NC(COC1OC(CO)C(OC2OC(CO)C(OC3OC(CO)C(O)C(O)C3O)C(O)C2O)C(O)C1O)C(O)/C=C/CCCCCCCCCCCCCCCCCCCCCCCC. The van der Waals surface area contributed by atoms with Crippen LogP contribution in [0, 0.1) is 0 Å². The lowest BCUT2D eigenvalue weighted by Gasteiger charge is -2.48. The van der Waals surface area contributed by atoms with Gasteiger partial charge in [-0.2, -0.15) is 0 Å². The molecule has 3 saturated heterocycles. The van der Waals surface area contributed by atoms with Crippen molar-refractivity contribution in [3.05, 3.63) is 97.2 Å². The lowest BCUT2D eigenvalue weighted by atomic mass is 9.96. The summed E-state index contributed by atoms with van der Waals surface area (Å²) in [5, 5.41) is 121. The first-order valence-corrected chi connectivity index (χ1v) is 43.5. The van der Waals surface area contributed by atoms with Gasteiger partial charge < -0.3 is 89.9 Å². The number of hydrogen-bond acceptors (Lipinski definition) is 18. The first-order valence-electron chi connectivity index (χ1n) is 43.5. The van der Waals surface area contributed by atoms with E-state index in [-0.39, 0.29) is 18.9 Å². The average molecular weight is 1530 g/mol. The Morgan fingerprint density at radius 2 is 0.639 bits per heavy atom. The summed E-state index contributed by atoms with van der Waals surface area (Å²) in [7, 11) is 0. The van der Waals surface area contributed by atoms with Crippen molar-refractivity contribution >= 4 is 5.91 Å². The van der Waals surface area contributed by atoms with Crippen LogP contribution in [-0.2, 0) is 33.2 Å². The molecule has 0 aliphatic carbocycles. The quantitative estimate of drug-likeness (QED) is 0.0199. The third-order valence-corrected chi connectivity index (χ3v) is 21.1. The smallest absolute Gasteiger partial charge is 0.220 e. The van der Waals surface area contributed by atoms with Crippen molar-refractivity contribution in [2.24, 2.45) is 0 Å². The zero-order chi connectivity index (χ0) is 78.1. The number of carbonyl (C=O) groups is 1. The molecule has 0 aromatic carbocycles. The maximum absolute atomic E-state index is 13.5. The molecule has 12 N–H and O–H groups in total. The van der Waals surface area contributed by atoms with E-state index in [9.17, 15) is 61.0 Å². The number of amides is 1. The van der Waals surface area contributed by atoms with Gasteiger partial charge in [0.25, 0.3) is 0 Å². The molecule has 0 saturated carbocycles.